The summed E-state index contributed by atoms with van der Waals surface area (Å²) in [6.07, 6.45) is 0.584. The quantitative estimate of drug-likeness (QED) is 0.398. The number of benzene rings is 2. The molecular weight excluding hydrogens is 402 g/mol. The molecule has 0 atom stereocenters. The molecule has 10 heteroatoms. The molecule has 1 aromatic heterocycles. The van der Waals surface area contributed by atoms with Gasteiger partial charge in [0.25, 0.3) is 0 Å². The third-order valence-electron chi connectivity index (χ3n) is 3.76. The number of hydrogen-bond donors (Lipinski definition) is 3. The summed E-state index contributed by atoms with van der Waals surface area (Å²) in [6.45, 7) is 0.442. The molecule has 144 valence electrons. The van der Waals surface area contributed by atoms with Crippen LogP contribution in [0.25, 0.3) is 0 Å². The van der Waals surface area contributed by atoms with Crippen LogP contribution in [0, 0.1) is 0 Å². The molecule has 8 nitrogen and oxygen atoms in total. The Morgan fingerprint density at radius 2 is 1.71 bits per heavy atom. The largest absolute Gasteiger partial charge is 0.365 e. The number of carbonyl (C=O) groups excluding carboxylic acids is 1. The highest BCUT2D eigenvalue weighted by molar-refractivity contribution is 7.89. The molecule has 2 aromatic carbocycles. The zero-order valence-electron chi connectivity index (χ0n) is 14.5. The van der Waals surface area contributed by atoms with Crippen LogP contribution in [0.5, 0.6) is 0 Å². The monoisotopic (exact) mass is 417 g/mol. The number of aldehydes is 1. The van der Waals surface area contributed by atoms with E-state index < -0.39 is 10.0 Å². The van der Waals surface area contributed by atoms with Gasteiger partial charge in [-0.3, -0.25) is 4.79 Å². The second-order valence-electron chi connectivity index (χ2n) is 5.75. The fourth-order valence-corrected chi connectivity index (χ4v) is 3.11. The lowest BCUT2D eigenvalue weighted by Crippen LogP contribution is -2.12. The van der Waals surface area contributed by atoms with E-state index in [4.69, 9.17) is 16.7 Å². The summed E-state index contributed by atoms with van der Waals surface area (Å²) < 4.78 is 22.7. The zero-order chi connectivity index (χ0) is 20.1. The van der Waals surface area contributed by atoms with Gasteiger partial charge in [-0.05, 0) is 29.8 Å². The van der Waals surface area contributed by atoms with Crippen LogP contribution in [0.15, 0.2) is 59.5 Å². The minimum absolute atomic E-state index is 0.00998. The SMILES string of the molecule is NS(=O)(=O)c1ccc(Nc2nc(Cl)c(C=O)c(NCc3ccccc3)n2)cc1. The first-order chi connectivity index (χ1) is 13.4. The maximum atomic E-state index is 11.4. The van der Waals surface area contributed by atoms with Crippen LogP contribution in [0.3, 0.4) is 0 Å². The van der Waals surface area contributed by atoms with E-state index >= 15 is 0 Å². The maximum Gasteiger partial charge on any atom is 0.238 e. The van der Waals surface area contributed by atoms with Gasteiger partial charge < -0.3 is 10.6 Å². The lowest BCUT2D eigenvalue weighted by atomic mass is 10.2. The van der Waals surface area contributed by atoms with Crippen molar-refractivity contribution in [3.05, 3.63) is 70.9 Å². The van der Waals surface area contributed by atoms with E-state index in [0.29, 0.717) is 18.5 Å². The van der Waals surface area contributed by atoms with E-state index in [2.05, 4.69) is 20.6 Å². The Bertz CT molecular complexity index is 1090. The van der Waals surface area contributed by atoms with Gasteiger partial charge in [-0.25, -0.2) is 13.6 Å². The van der Waals surface area contributed by atoms with Crippen LogP contribution in [0.4, 0.5) is 17.5 Å². The first-order valence-corrected chi connectivity index (χ1v) is 9.99. The minimum atomic E-state index is -3.78. The van der Waals surface area contributed by atoms with Gasteiger partial charge >= 0.3 is 0 Å². The molecular formula is C18H16ClN5O3S. The van der Waals surface area contributed by atoms with Crippen molar-refractivity contribution in [3.63, 3.8) is 0 Å². The van der Waals surface area contributed by atoms with E-state index in [1.807, 2.05) is 30.3 Å². The molecule has 0 aliphatic heterocycles. The van der Waals surface area contributed by atoms with Gasteiger partial charge in [0.2, 0.25) is 16.0 Å². The molecule has 3 rings (SSSR count). The molecule has 1 heterocycles. The van der Waals surface area contributed by atoms with E-state index in [9.17, 15) is 13.2 Å². The fourth-order valence-electron chi connectivity index (χ4n) is 2.38. The number of rotatable bonds is 7. The predicted octanol–water partition coefficient (Wildman–Crippen LogP) is 2.95. The summed E-state index contributed by atoms with van der Waals surface area (Å²) in [5.41, 5.74) is 1.67. The van der Waals surface area contributed by atoms with Crippen molar-refractivity contribution in [1.82, 2.24) is 9.97 Å². The molecule has 28 heavy (non-hydrogen) atoms. The van der Waals surface area contributed by atoms with Crippen molar-refractivity contribution in [3.8, 4) is 0 Å². The molecule has 0 bridgehead atoms. The molecule has 3 aromatic rings. The normalized spacial score (nSPS) is 11.1. The number of nitrogens with two attached hydrogens (primary N) is 1. The number of primary sulfonamides is 1. The number of hydrogen-bond acceptors (Lipinski definition) is 7. The molecule has 0 spiro atoms. The summed E-state index contributed by atoms with van der Waals surface area (Å²) in [5, 5.41) is 11.1. The first-order valence-electron chi connectivity index (χ1n) is 8.07. The molecule has 0 saturated heterocycles. The number of anilines is 3. The van der Waals surface area contributed by atoms with Gasteiger partial charge in [-0.1, -0.05) is 41.9 Å². The van der Waals surface area contributed by atoms with Crippen LogP contribution in [0.1, 0.15) is 15.9 Å². The Morgan fingerprint density at radius 1 is 1.04 bits per heavy atom. The Labute approximate surface area is 166 Å². The average molecular weight is 418 g/mol. The maximum absolute atomic E-state index is 11.4. The van der Waals surface area contributed by atoms with Gasteiger partial charge in [0.15, 0.2) is 6.29 Å². The van der Waals surface area contributed by atoms with Gasteiger partial charge in [0.05, 0.1) is 10.5 Å². The summed E-state index contributed by atoms with van der Waals surface area (Å²) >= 11 is 6.11. The third-order valence-corrected chi connectivity index (χ3v) is 4.98. The summed E-state index contributed by atoms with van der Waals surface area (Å²) in [5.74, 6) is 0.428. The van der Waals surface area contributed by atoms with E-state index in [0.717, 1.165) is 5.56 Å². The fraction of sp³-hybridized carbons (Fsp3) is 0.0556. The zero-order valence-corrected chi connectivity index (χ0v) is 16.0. The second kappa shape index (κ2) is 8.34. The summed E-state index contributed by atoms with van der Waals surface area (Å²) in [4.78, 5) is 19.7. The summed E-state index contributed by atoms with van der Waals surface area (Å²) in [7, 11) is -3.78. The van der Waals surface area contributed by atoms with Crippen molar-refractivity contribution >= 4 is 45.4 Å². The molecule has 0 radical (unpaired) electrons. The Morgan fingerprint density at radius 3 is 2.32 bits per heavy atom. The van der Waals surface area contributed by atoms with Crippen molar-refractivity contribution in [1.29, 1.82) is 0 Å². The number of halogens is 1. The Balaban J connectivity index is 1.83. The Kier molecular flexibility index (Phi) is 5.88. The van der Waals surface area contributed by atoms with Crippen molar-refractivity contribution < 1.29 is 13.2 Å². The van der Waals surface area contributed by atoms with E-state index in [-0.39, 0.29) is 27.4 Å². The van der Waals surface area contributed by atoms with Gasteiger partial charge in [-0.2, -0.15) is 9.97 Å². The Hall–Kier alpha value is -3.01. The molecule has 4 N–H and O–H groups in total. The van der Waals surface area contributed by atoms with Crippen LogP contribution in [-0.4, -0.2) is 24.7 Å². The lowest BCUT2D eigenvalue weighted by molar-refractivity contribution is 0.112. The molecule has 0 aliphatic rings. The molecule has 0 fully saturated rings. The van der Waals surface area contributed by atoms with Crippen LogP contribution >= 0.6 is 11.6 Å². The number of sulfonamides is 1. The van der Waals surface area contributed by atoms with Gasteiger partial charge in [0.1, 0.15) is 11.0 Å². The van der Waals surface area contributed by atoms with Crippen molar-refractivity contribution in [2.24, 2.45) is 5.14 Å². The highest BCUT2D eigenvalue weighted by Gasteiger charge is 2.13. The topological polar surface area (TPSA) is 127 Å². The van der Waals surface area contributed by atoms with Crippen LogP contribution < -0.4 is 15.8 Å². The average Bonchev–Trinajstić information content (AvgIpc) is 2.67. The standard InChI is InChI=1S/C18H16ClN5O3S/c19-16-15(11-25)17(21-10-12-4-2-1-3-5-12)24-18(23-16)22-13-6-8-14(9-7-13)28(20,26)27/h1-9,11H,10H2,(H2,20,26,27)(H2,21,22,23,24). The second-order valence-corrected chi connectivity index (χ2v) is 7.67. The van der Waals surface area contributed by atoms with Gasteiger partial charge in [-0.15, -0.1) is 0 Å². The van der Waals surface area contributed by atoms with E-state index in [1.165, 1.54) is 24.3 Å². The minimum Gasteiger partial charge on any atom is -0.365 e. The number of nitrogens with one attached hydrogen (secondary N) is 2. The molecule has 0 saturated carbocycles. The highest BCUT2D eigenvalue weighted by atomic mass is 35.5. The van der Waals surface area contributed by atoms with Crippen molar-refractivity contribution in [2.75, 3.05) is 10.6 Å². The van der Waals surface area contributed by atoms with Crippen molar-refractivity contribution in [2.45, 2.75) is 11.4 Å². The van der Waals surface area contributed by atoms with Gasteiger partial charge in [0, 0.05) is 12.2 Å². The first kappa shape index (κ1) is 19.7. The number of carbonyl (C=O) groups is 1. The smallest absolute Gasteiger partial charge is 0.238 e. The summed E-state index contributed by atoms with van der Waals surface area (Å²) in [6, 6.07) is 15.3. The number of aromatic nitrogens is 2. The predicted molar refractivity (Wildman–Crippen MR) is 107 cm³/mol. The molecule has 0 unspecified atom stereocenters. The highest BCUT2D eigenvalue weighted by Crippen LogP contribution is 2.24. The molecule has 0 amide bonds. The van der Waals surface area contributed by atoms with E-state index in [1.54, 1.807) is 0 Å². The van der Waals surface area contributed by atoms with Crippen LogP contribution in [-0.2, 0) is 16.6 Å². The molecule has 0 aliphatic carbocycles. The third kappa shape index (κ3) is 4.83. The van der Waals surface area contributed by atoms with Crippen LogP contribution in [0.2, 0.25) is 5.15 Å². The lowest BCUT2D eigenvalue weighted by Gasteiger charge is -2.12. The number of nitrogens with zero attached hydrogens (tertiary/aromatic N) is 2.